The summed E-state index contributed by atoms with van der Waals surface area (Å²) in [5.41, 5.74) is 1.09. The van der Waals surface area contributed by atoms with Crippen LogP contribution in [0.5, 0.6) is 0 Å². The lowest BCUT2D eigenvalue weighted by Crippen LogP contribution is -2.14. The standard InChI is InChI=1S/C11H11FN2O2.C2H6/c1-2-8-11(16)14-9-3-6(5-15)7(12)4-10(9)13-8;1-2/h3-4,15H,2,5H2,1H3,(H,14,16);1-2H3. The topological polar surface area (TPSA) is 66.0 Å². The van der Waals surface area contributed by atoms with Gasteiger partial charge in [0.05, 0.1) is 17.6 Å². The van der Waals surface area contributed by atoms with Crippen LogP contribution < -0.4 is 5.56 Å². The lowest BCUT2D eigenvalue weighted by molar-refractivity contribution is 0.276. The molecule has 98 valence electrons. The van der Waals surface area contributed by atoms with Crippen molar-refractivity contribution < 1.29 is 9.50 Å². The van der Waals surface area contributed by atoms with Crippen molar-refractivity contribution >= 4 is 11.0 Å². The fraction of sp³-hybridized carbons (Fsp3) is 0.385. The van der Waals surface area contributed by atoms with E-state index in [1.54, 1.807) is 0 Å². The Morgan fingerprint density at radius 1 is 1.39 bits per heavy atom. The lowest BCUT2D eigenvalue weighted by atomic mass is 10.2. The summed E-state index contributed by atoms with van der Waals surface area (Å²) < 4.78 is 13.4. The van der Waals surface area contributed by atoms with Gasteiger partial charge in [0.25, 0.3) is 5.56 Å². The predicted molar refractivity (Wildman–Crippen MR) is 69.0 cm³/mol. The number of aromatic amines is 1. The quantitative estimate of drug-likeness (QED) is 0.860. The normalized spacial score (nSPS) is 10.1. The van der Waals surface area contributed by atoms with E-state index in [0.29, 0.717) is 23.1 Å². The van der Waals surface area contributed by atoms with Gasteiger partial charge in [-0.3, -0.25) is 4.79 Å². The zero-order valence-corrected chi connectivity index (χ0v) is 10.7. The summed E-state index contributed by atoms with van der Waals surface area (Å²) >= 11 is 0. The number of aliphatic hydroxyl groups is 1. The molecule has 18 heavy (non-hydrogen) atoms. The smallest absolute Gasteiger partial charge is 0.270 e. The molecule has 0 spiro atoms. The van der Waals surface area contributed by atoms with Crippen molar-refractivity contribution in [1.29, 1.82) is 0 Å². The Labute approximate surface area is 105 Å². The molecule has 0 unspecified atom stereocenters. The van der Waals surface area contributed by atoms with E-state index in [1.165, 1.54) is 12.1 Å². The maximum absolute atomic E-state index is 13.4. The third-order valence-electron chi connectivity index (χ3n) is 2.44. The Morgan fingerprint density at radius 2 is 2.06 bits per heavy atom. The highest BCUT2D eigenvalue weighted by Crippen LogP contribution is 2.15. The SMILES string of the molecule is CC.CCc1nc2cc(F)c(CO)cc2[nH]c1=O. The van der Waals surface area contributed by atoms with Gasteiger partial charge in [-0.05, 0) is 12.5 Å². The summed E-state index contributed by atoms with van der Waals surface area (Å²) in [6.45, 7) is 5.40. The number of rotatable bonds is 2. The summed E-state index contributed by atoms with van der Waals surface area (Å²) in [5.74, 6) is -0.517. The van der Waals surface area contributed by atoms with Crippen LogP contribution in [-0.4, -0.2) is 15.1 Å². The molecule has 2 N–H and O–H groups in total. The zero-order chi connectivity index (χ0) is 13.7. The molecule has 0 aliphatic rings. The van der Waals surface area contributed by atoms with Gasteiger partial charge >= 0.3 is 0 Å². The van der Waals surface area contributed by atoms with E-state index in [0.717, 1.165) is 0 Å². The Kier molecular flexibility index (Phi) is 4.97. The average Bonchev–Trinajstić information content (AvgIpc) is 2.40. The van der Waals surface area contributed by atoms with Gasteiger partial charge in [-0.15, -0.1) is 0 Å². The van der Waals surface area contributed by atoms with Crippen LogP contribution in [0.4, 0.5) is 4.39 Å². The van der Waals surface area contributed by atoms with Crippen molar-refractivity contribution in [3.8, 4) is 0 Å². The van der Waals surface area contributed by atoms with Gasteiger partial charge in [-0.2, -0.15) is 0 Å². The second-order valence-electron chi connectivity index (χ2n) is 3.49. The van der Waals surface area contributed by atoms with Crippen LogP contribution in [0, 0.1) is 5.82 Å². The first-order chi connectivity index (χ1) is 8.65. The monoisotopic (exact) mass is 252 g/mol. The third-order valence-corrected chi connectivity index (χ3v) is 2.44. The number of hydrogen-bond acceptors (Lipinski definition) is 3. The number of nitrogens with one attached hydrogen (secondary N) is 1. The molecule has 0 saturated heterocycles. The van der Waals surface area contributed by atoms with E-state index >= 15 is 0 Å². The van der Waals surface area contributed by atoms with Gasteiger partial charge in [0, 0.05) is 11.6 Å². The minimum Gasteiger partial charge on any atom is -0.392 e. The Bertz CT molecular complexity index is 593. The van der Waals surface area contributed by atoms with Crippen molar-refractivity contribution in [3.63, 3.8) is 0 Å². The molecule has 2 aromatic rings. The van der Waals surface area contributed by atoms with Gasteiger partial charge in [-0.25, -0.2) is 9.37 Å². The molecular weight excluding hydrogens is 235 g/mol. The van der Waals surface area contributed by atoms with Gasteiger partial charge < -0.3 is 10.1 Å². The molecule has 0 bridgehead atoms. The van der Waals surface area contributed by atoms with Crippen LogP contribution in [0.1, 0.15) is 32.0 Å². The van der Waals surface area contributed by atoms with E-state index < -0.39 is 12.4 Å². The number of benzene rings is 1. The summed E-state index contributed by atoms with van der Waals surface area (Å²) in [6.07, 6.45) is 0.495. The van der Waals surface area contributed by atoms with Crippen molar-refractivity contribution in [2.75, 3.05) is 0 Å². The number of hydrogen-bond donors (Lipinski definition) is 2. The molecule has 2 rings (SSSR count). The highest BCUT2D eigenvalue weighted by atomic mass is 19.1. The summed E-state index contributed by atoms with van der Waals surface area (Å²) in [6, 6.07) is 2.62. The molecule has 0 aliphatic heterocycles. The first-order valence-corrected chi connectivity index (χ1v) is 5.98. The Morgan fingerprint density at radius 3 is 2.61 bits per heavy atom. The van der Waals surface area contributed by atoms with Gasteiger partial charge in [0.2, 0.25) is 0 Å². The molecule has 0 aliphatic carbocycles. The van der Waals surface area contributed by atoms with E-state index in [1.807, 2.05) is 20.8 Å². The minimum atomic E-state index is -0.517. The average molecular weight is 252 g/mol. The van der Waals surface area contributed by atoms with E-state index in [4.69, 9.17) is 5.11 Å². The van der Waals surface area contributed by atoms with Crippen LogP contribution in [0.15, 0.2) is 16.9 Å². The molecule has 1 aromatic carbocycles. The van der Waals surface area contributed by atoms with Crippen LogP contribution >= 0.6 is 0 Å². The molecule has 1 heterocycles. The third kappa shape index (κ3) is 2.73. The van der Waals surface area contributed by atoms with Crippen LogP contribution in [0.2, 0.25) is 0 Å². The summed E-state index contributed by atoms with van der Waals surface area (Å²) in [7, 11) is 0. The largest absolute Gasteiger partial charge is 0.392 e. The molecule has 0 amide bonds. The first kappa shape index (κ1) is 14.3. The molecule has 0 saturated carbocycles. The molecule has 5 heteroatoms. The molecule has 4 nitrogen and oxygen atoms in total. The lowest BCUT2D eigenvalue weighted by Gasteiger charge is -2.03. The molecule has 0 fully saturated rings. The maximum Gasteiger partial charge on any atom is 0.270 e. The second kappa shape index (κ2) is 6.26. The Hall–Kier alpha value is -1.75. The van der Waals surface area contributed by atoms with Gasteiger partial charge in [0.15, 0.2) is 0 Å². The summed E-state index contributed by atoms with van der Waals surface area (Å²) in [5, 5.41) is 8.90. The number of aryl methyl sites for hydroxylation is 1. The zero-order valence-electron chi connectivity index (χ0n) is 10.7. The van der Waals surface area contributed by atoms with E-state index in [-0.39, 0.29) is 11.1 Å². The van der Waals surface area contributed by atoms with Gasteiger partial charge in [0.1, 0.15) is 11.5 Å². The van der Waals surface area contributed by atoms with Gasteiger partial charge in [-0.1, -0.05) is 20.8 Å². The fourth-order valence-corrected chi connectivity index (χ4v) is 1.55. The highest BCUT2D eigenvalue weighted by molar-refractivity contribution is 5.75. The fourth-order valence-electron chi connectivity index (χ4n) is 1.55. The van der Waals surface area contributed by atoms with E-state index in [2.05, 4.69) is 9.97 Å². The number of halogens is 1. The molecule has 1 aromatic heterocycles. The van der Waals surface area contributed by atoms with Crippen LogP contribution in [-0.2, 0) is 13.0 Å². The predicted octanol–water partition coefficient (Wildman–Crippen LogP) is 2.14. The number of aliphatic hydroxyl groups excluding tert-OH is 1. The molecular formula is C13H17FN2O2. The number of aromatic nitrogens is 2. The maximum atomic E-state index is 13.4. The van der Waals surface area contributed by atoms with Crippen molar-refractivity contribution in [2.45, 2.75) is 33.8 Å². The number of fused-ring (bicyclic) bond motifs is 1. The molecule has 0 atom stereocenters. The second-order valence-corrected chi connectivity index (χ2v) is 3.49. The van der Waals surface area contributed by atoms with Crippen molar-refractivity contribution in [1.82, 2.24) is 9.97 Å². The number of nitrogens with zero attached hydrogens (tertiary/aromatic N) is 1. The van der Waals surface area contributed by atoms with Crippen molar-refractivity contribution in [2.24, 2.45) is 0 Å². The first-order valence-electron chi connectivity index (χ1n) is 5.98. The van der Waals surface area contributed by atoms with Crippen LogP contribution in [0.25, 0.3) is 11.0 Å². The summed E-state index contributed by atoms with van der Waals surface area (Å²) in [4.78, 5) is 18.2. The molecule has 0 radical (unpaired) electrons. The number of H-pyrrole nitrogens is 1. The minimum absolute atomic E-state index is 0.147. The Balaban J connectivity index is 0.000000771. The highest BCUT2D eigenvalue weighted by Gasteiger charge is 2.07. The van der Waals surface area contributed by atoms with E-state index in [9.17, 15) is 9.18 Å². The van der Waals surface area contributed by atoms with Crippen LogP contribution in [0.3, 0.4) is 0 Å². The van der Waals surface area contributed by atoms with Crippen molar-refractivity contribution in [3.05, 3.63) is 39.6 Å².